The molecule has 0 atom stereocenters. The molecule has 4 aromatic heterocycles. The molecule has 322 valence electrons. The van der Waals surface area contributed by atoms with Crippen molar-refractivity contribution in [2.45, 2.75) is 13.8 Å². The molecule has 8 aromatic carbocycles. The van der Waals surface area contributed by atoms with Gasteiger partial charge in [-0.3, -0.25) is 0 Å². The van der Waals surface area contributed by atoms with Crippen molar-refractivity contribution in [3.8, 4) is 77.7 Å². The Morgan fingerprint density at radius 3 is 1.03 bits per heavy atom. The SMILES string of the molecule is Cc1cc(-c2ccccc2-c2csc(-c3nc(-c4ccccc4-c4cc(C)cc(-n5c6ccccc6c6ccccc65)c4[O-])cs3)n2)c([O-])c(-n2c3ccccc3c3ccccc32)c1.[CH3-].[CH3-].[Hf+4]. The Balaban J connectivity index is 0.00000187. The molecule has 0 unspecified atom stereocenters. The number of aryl methyl sites for hydroxylation is 2. The van der Waals surface area contributed by atoms with Crippen LogP contribution >= 0.6 is 22.7 Å². The fraction of sp³-hybridized carbons (Fsp3) is 0.0345. The third kappa shape index (κ3) is 7.42. The normalized spacial score (nSPS) is 11.2. The Labute approximate surface area is 416 Å². The fourth-order valence-electron chi connectivity index (χ4n) is 9.48. The van der Waals surface area contributed by atoms with E-state index in [0.29, 0.717) is 22.5 Å². The first kappa shape index (κ1) is 45.3. The van der Waals surface area contributed by atoms with Crippen LogP contribution in [0.1, 0.15) is 11.1 Å². The summed E-state index contributed by atoms with van der Waals surface area (Å²) in [6.45, 7) is 4.09. The number of hydrogen-bond acceptors (Lipinski definition) is 6. The van der Waals surface area contributed by atoms with Gasteiger partial charge in [-0.2, -0.15) is 0 Å². The molecule has 0 saturated carbocycles. The van der Waals surface area contributed by atoms with Gasteiger partial charge in [0.2, 0.25) is 0 Å². The number of benzene rings is 8. The van der Waals surface area contributed by atoms with E-state index in [2.05, 4.69) is 57.7 Å². The zero-order valence-electron chi connectivity index (χ0n) is 37.2. The van der Waals surface area contributed by atoms with Crippen LogP contribution in [0.4, 0.5) is 0 Å². The minimum absolute atomic E-state index is 0. The monoisotopic (exact) mass is 1070 g/mol. The van der Waals surface area contributed by atoms with E-state index in [9.17, 15) is 10.2 Å². The fourth-order valence-corrected chi connectivity index (χ4v) is 11.2. The van der Waals surface area contributed by atoms with Crippen LogP contribution < -0.4 is 10.2 Å². The van der Waals surface area contributed by atoms with Crippen molar-refractivity contribution in [3.05, 3.63) is 207 Å². The number of hydrogen-bond donors (Lipinski definition) is 0. The predicted octanol–water partition coefficient (Wildman–Crippen LogP) is 14.8. The molecule has 0 aliphatic heterocycles. The van der Waals surface area contributed by atoms with E-state index in [4.69, 9.17) is 9.97 Å². The van der Waals surface area contributed by atoms with E-state index in [1.165, 1.54) is 22.7 Å². The molecule has 0 saturated heterocycles. The van der Waals surface area contributed by atoms with Crippen LogP contribution in [0.25, 0.3) is 110 Å². The number of rotatable bonds is 7. The smallest absolute Gasteiger partial charge is 0.871 e. The predicted molar refractivity (Wildman–Crippen MR) is 275 cm³/mol. The molecule has 0 bridgehead atoms. The summed E-state index contributed by atoms with van der Waals surface area (Å²) in [6, 6.07) is 57.1. The van der Waals surface area contributed by atoms with E-state index in [0.717, 1.165) is 98.4 Å². The largest absolute Gasteiger partial charge is 4.00 e. The number of para-hydroxylation sites is 4. The van der Waals surface area contributed by atoms with Crippen molar-refractivity contribution in [3.63, 3.8) is 0 Å². The second-order valence-electron chi connectivity index (χ2n) is 16.2. The van der Waals surface area contributed by atoms with Crippen molar-refractivity contribution >= 4 is 66.3 Å². The summed E-state index contributed by atoms with van der Waals surface area (Å²) < 4.78 is 4.21. The Morgan fingerprint density at radius 2 is 0.687 bits per heavy atom. The van der Waals surface area contributed by atoms with Gasteiger partial charge in [0.05, 0.1) is 33.5 Å². The molecule has 9 heteroatoms. The minimum atomic E-state index is -0.0414. The van der Waals surface area contributed by atoms with Gasteiger partial charge < -0.3 is 34.2 Å². The van der Waals surface area contributed by atoms with Crippen molar-refractivity contribution in [2.75, 3.05) is 0 Å². The molecule has 0 amide bonds. The molecule has 12 rings (SSSR count). The van der Waals surface area contributed by atoms with Gasteiger partial charge >= 0.3 is 25.8 Å². The minimum Gasteiger partial charge on any atom is -0.871 e. The first-order chi connectivity index (χ1) is 31.4. The molecule has 0 spiro atoms. The number of fused-ring (bicyclic) bond motifs is 6. The molecule has 6 nitrogen and oxygen atoms in total. The summed E-state index contributed by atoms with van der Waals surface area (Å²) in [5.41, 5.74) is 13.4. The summed E-state index contributed by atoms with van der Waals surface area (Å²) in [5, 5.41) is 39.6. The topological polar surface area (TPSA) is 81.8 Å². The quantitative estimate of drug-likeness (QED) is 0.118. The Kier molecular flexibility index (Phi) is 12.2. The van der Waals surface area contributed by atoms with E-state index in [-0.39, 0.29) is 52.2 Å². The zero-order chi connectivity index (χ0) is 43.1. The molecular formula is C58H42HfN4O2S2. The van der Waals surface area contributed by atoms with Gasteiger partial charge in [0.1, 0.15) is 0 Å². The molecule has 0 aliphatic carbocycles. The van der Waals surface area contributed by atoms with Crippen LogP contribution in [0.2, 0.25) is 0 Å². The van der Waals surface area contributed by atoms with Crippen molar-refractivity contribution in [1.29, 1.82) is 0 Å². The number of aromatic nitrogens is 4. The molecule has 0 aliphatic rings. The summed E-state index contributed by atoms with van der Waals surface area (Å²) in [6.07, 6.45) is 0. The summed E-state index contributed by atoms with van der Waals surface area (Å²) in [7, 11) is 0. The summed E-state index contributed by atoms with van der Waals surface area (Å²) in [5.74, 6) is -0.0828. The average Bonchev–Trinajstić information content (AvgIpc) is 4.15. The molecule has 4 heterocycles. The second-order valence-corrected chi connectivity index (χ2v) is 17.9. The van der Waals surface area contributed by atoms with Gasteiger partial charge in [-0.25, -0.2) is 9.97 Å². The van der Waals surface area contributed by atoms with Gasteiger partial charge in [-0.05, 0) is 83.6 Å². The number of nitrogens with zero attached hydrogens (tertiary/aromatic N) is 4. The van der Waals surface area contributed by atoms with Gasteiger partial charge in [0.15, 0.2) is 10.0 Å². The van der Waals surface area contributed by atoms with E-state index < -0.39 is 0 Å². The average molecular weight is 1070 g/mol. The summed E-state index contributed by atoms with van der Waals surface area (Å²) in [4.78, 5) is 10.3. The van der Waals surface area contributed by atoms with Crippen LogP contribution in [0, 0.1) is 28.7 Å². The van der Waals surface area contributed by atoms with Gasteiger partial charge in [0.25, 0.3) is 0 Å². The molecular weight excluding hydrogens is 1030 g/mol. The van der Waals surface area contributed by atoms with Crippen LogP contribution in [-0.4, -0.2) is 19.1 Å². The third-order valence-electron chi connectivity index (χ3n) is 12.2. The Hall–Kier alpha value is -6.91. The van der Waals surface area contributed by atoms with Crippen molar-refractivity contribution in [2.24, 2.45) is 0 Å². The molecule has 67 heavy (non-hydrogen) atoms. The van der Waals surface area contributed by atoms with Crippen LogP contribution in [0.3, 0.4) is 0 Å². The molecule has 0 N–H and O–H groups in total. The second kappa shape index (κ2) is 18.1. The van der Waals surface area contributed by atoms with Crippen LogP contribution in [0.15, 0.2) is 181 Å². The van der Waals surface area contributed by atoms with Crippen molar-refractivity contribution in [1.82, 2.24) is 19.1 Å². The Bertz CT molecular complexity index is 3470. The number of thiazole rings is 2. The van der Waals surface area contributed by atoms with E-state index in [1.54, 1.807) is 0 Å². The van der Waals surface area contributed by atoms with Crippen molar-refractivity contribution < 1.29 is 36.1 Å². The van der Waals surface area contributed by atoms with E-state index >= 15 is 0 Å². The van der Waals surface area contributed by atoms with Crippen LogP contribution in [-0.2, 0) is 25.8 Å². The first-order valence-electron chi connectivity index (χ1n) is 21.1. The van der Waals surface area contributed by atoms with Gasteiger partial charge in [0, 0.05) is 54.8 Å². The molecule has 12 aromatic rings. The maximum Gasteiger partial charge on any atom is 4.00 e. The van der Waals surface area contributed by atoms with Gasteiger partial charge in [-0.1, -0.05) is 145 Å². The zero-order valence-corrected chi connectivity index (χ0v) is 42.5. The summed E-state index contributed by atoms with van der Waals surface area (Å²) >= 11 is 3.06. The van der Waals surface area contributed by atoms with Gasteiger partial charge in [-0.15, -0.1) is 22.7 Å². The molecule has 0 fully saturated rings. The standard InChI is InChI=1S/C56H38N4O2S2.2CH3.Hf/c1-33-27-43(53(61)51(29-33)59-47-23-11-7-19-39(47)40-20-8-12-24-48(40)59)35-15-3-5-17-37(35)45-31-63-55(57-45)56-58-46(32-64-56)38-18-6-4-16-36(38)44-28-34(2)30-52(54(44)62)60-49-25-13-9-21-41(49)42-22-10-14-26-50(42)60;;;/h3-32,61-62H,1-2H3;2*1H3;/q;2*-1;+4/p-2. The molecule has 0 radical (unpaired) electrons. The first-order valence-corrected chi connectivity index (χ1v) is 22.9. The maximum absolute atomic E-state index is 14.7. The van der Waals surface area contributed by atoms with E-state index in [1.807, 2.05) is 146 Å². The third-order valence-corrected chi connectivity index (χ3v) is 14.1. The maximum atomic E-state index is 14.7. The van der Waals surface area contributed by atoms with Crippen LogP contribution in [0.5, 0.6) is 11.5 Å². The Morgan fingerprint density at radius 1 is 0.388 bits per heavy atom.